The van der Waals surface area contributed by atoms with Crippen LogP contribution in [0.3, 0.4) is 0 Å². The van der Waals surface area contributed by atoms with Gasteiger partial charge in [-0.2, -0.15) is 0 Å². The number of hydrogen-bond donors (Lipinski definition) is 0. The maximum absolute atomic E-state index is 5.65. The molecule has 0 radical (unpaired) electrons. The Hall–Kier alpha value is -2.81. The van der Waals surface area contributed by atoms with E-state index in [-0.39, 0.29) is 0 Å². The van der Waals surface area contributed by atoms with E-state index in [1.54, 1.807) is 24.7 Å². The summed E-state index contributed by atoms with van der Waals surface area (Å²) in [5, 5.41) is 17.7. The molecule has 9 heteroatoms. The van der Waals surface area contributed by atoms with Crippen molar-refractivity contribution in [3.63, 3.8) is 0 Å². The Balaban J connectivity index is 1.34. The Morgan fingerprint density at radius 1 is 1.04 bits per heavy atom. The Morgan fingerprint density at radius 3 is 2.69 bits per heavy atom. The minimum absolute atomic E-state index is 0.376. The van der Waals surface area contributed by atoms with Gasteiger partial charge in [0.05, 0.1) is 24.8 Å². The summed E-state index contributed by atoms with van der Waals surface area (Å²) in [7, 11) is 0. The molecule has 0 aliphatic heterocycles. The summed E-state index contributed by atoms with van der Waals surface area (Å²) in [4.78, 5) is 0. The molecule has 4 heterocycles. The first-order valence-corrected chi connectivity index (χ1v) is 9.30. The first-order valence-electron chi connectivity index (χ1n) is 8.31. The second-order valence-corrected chi connectivity index (χ2v) is 6.99. The lowest BCUT2D eigenvalue weighted by atomic mass is 10.3. The number of aromatic nitrogens is 5. The average Bonchev–Trinajstić information content (AvgIpc) is 3.17. The van der Waals surface area contributed by atoms with Gasteiger partial charge in [0.25, 0.3) is 5.89 Å². The summed E-state index contributed by atoms with van der Waals surface area (Å²) < 4.78 is 18.5. The van der Waals surface area contributed by atoms with Crippen LogP contribution in [0.25, 0.3) is 11.7 Å². The molecule has 0 saturated heterocycles. The number of thioether (sulfide) groups is 1. The zero-order valence-electron chi connectivity index (χ0n) is 13.7. The van der Waals surface area contributed by atoms with Gasteiger partial charge in [-0.15, -0.1) is 20.4 Å². The van der Waals surface area contributed by atoms with E-state index in [0.717, 1.165) is 29.6 Å². The van der Waals surface area contributed by atoms with Gasteiger partial charge in [-0.3, -0.25) is 4.57 Å². The van der Waals surface area contributed by atoms with Crippen LogP contribution >= 0.6 is 11.8 Å². The molecule has 1 aliphatic rings. The molecule has 0 aromatic carbocycles. The van der Waals surface area contributed by atoms with Crippen LogP contribution in [0.5, 0.6) is 0 Å². The zero-order chi connectivity index (χ0) is 17.3. The fourth-order valence-corrected chi connectivity index (χ4v) is 3.48. The lowest BCUT2D eigenvalue weighted by Crippen LogP contribution is -2.05. The van der Waals surface area contributed by atoms with Crippen molar-refractivity contribution in [2.45, 2.75) is 36.2 Å². The largest absolute Gasteiger partial charge is 0.467 e. The van der Waals surface area contributed by atoms with Crippen LogP contribution < -0.4 is 0 Å². The first kappa shape index (κ1) is 15.4. The maximum Gasteiger partial charge on any atom is 0.283 e. The minimum atomic E-state index is 0.376. The number of nitrogens with zero attached hydrogens (tertiary/aromatic N) is 5. The second-order valence-electron chi connectivity index (χ2n) is 6.05. The molecule has 26 heavy (non-hydrogen) atoms. The summed E-state index contributed by atoms with van der Waals surface area (Å²) in [6.07, 6.45) is 5.58. The van der Waals surface area contributed by atoms with E-state index in [9.17, 15) is 0 Å². The molecular formula is C17H15N5O3S. The van der Waals surface area contributed by atoms with E-state index >= 15 is 0 Å². The molecule has 0 atom stereocenters. The van der Waals surface area contributed by atoms with Crippen molar-refractivity contribution in [1.82, 2.24) is 25.0 Å². The molecule has 0 unspecified atom stereocenters. The molecule has 0 N–H and O–H groups in total. The normalized spacial score (nSPS) is 14.2. The predicted octanol–water partition coefficient (Wildman–Crippen LogP) is 3.73. The summed E-state index contributed by atoms with van der Waals surface area (Å²) in [6.45, 7) is 0.621. The van der Waals surface area contributed by atoms with Crippen LogP contribution in [0.4, 0.5) is 0 Å². The molecular weight excluding hydrogens is 354 g/mol. The average molecular weight is 369 g/mol. The Labute approximate surface area is 152 Å². The molecule has 1 fully saturated rings. The van der Waals surface area contributed by atoms with Crippen molar-refractivity contribution in [1.29, 1.82) is 0 Å². The molecule has 132 valence electrons. The van der Waals surface area contributed by atoms with Crippen LogP contribution in [0.1, 0.15) is 36.2 Å². The van der Waals surface area contributed by atoms with Gasteiger partial charge in [-0.1, -0.05) is 11.8 Å². The number of hydrogen-bond acceptors (Lipinski definition) is 8. The van der Waals surface area contributed by atoms with E-state index in [0.29, 0.717) is 35.8 Å². The lowest BCUT2D eigenvalue weighted by Gasteiger charge is -2.07. The minimum Gasteiger partial charge on any atom is -0.467 e. The molecule has 0 spiro atoms. The molecule has 1 aliphatic carbocycles. The number of furan rings is 2. The molecule has 4 aromatic heterocycles. The second kappa shape index (κ2) is 6.49. The van der Waals surface area contributed by atoms with Crippen molar-refractivity contribution in [2.24, 2.45) is 0 Å². The van der Waals surface area contributed by atoms with Gasteiger partial charge in [0.2, 0.25) is 5.89 Å². The third-order valence-corrected chi connectivity index (χ3v) is 5.06. The maximum atomic E-state index is 5.65. The monoisotopic (exact) mass is 369 g/mol. The summed E-state index contributed by atoms with van der Waals surface area (Å²) >= 11 is 1.52. The highest BCUT2D eigenvalue weighted by Crippen LogP contribution is 2.40. The van der Waals surface area contributed by atoms with Crippen molar-refractivity contribution in [2.75, 3.05) is 0 Å². The van der Waals surface area contributed by atoms with Crippen LogP contribution in [-0.4, -0.2) is 25.0 Å². The summed E-state index contributed by atoms with van der Waals surface area (Å²) in [5.41, 5.74) is 0. The van der Waals surface area contributed by atoms with Crippen LogP contribution in [0.2, 0.25) is 0 Å². The van der Waals surface area contributed by atoms with Gasteiger partial charge < -0.3 is 13.3 Å². The van der Waals surface area contributed by atoms with E-state index in [1.165, 1.54) is 11.8 Å². The van der Waals surface area contributed by atoms with Crippen molar-refractivity contribution >= 4 is 11.8 Å². The Bertz CT molecular complexity index is 986. The molecule has 0 bridgehead atoms. The predicted molar refractivity (Wildman–Crippen MR) is 91.4 cm³/mol. The highest BCUT2D eigenvalue weighted by Gasteiger charge is 2.30. The third-order valence-electron chi connectivity index (χ3n) is 4.11. The Kier molecular flexibility index (Phi) is 3.85. The fourth-order valence-electron chi connectivity index (χ4n) is 2.70. The summed E-state index contributed by atoms with van der Waals surface area (Å²) in [5.74, 6) is 4.36. The Morgan fingerprint density at radius 2 is 1.92 bits per heavy atom. The SMILES string of the molecule is c1coc(Cn2c(SCc3nnc(-c4ccco4)o3)nnc2C2CC2)c1. The van der Waals surface area contributed by atoms with Crippen LogP contribution in [-0.2, 0) is 12.3 Å². The highest BCUT2D eigenvalue weighted by molar-refractivity contribution is 7.98. The molecule has 0 amide bonds. The smallest absolute Gasteiger partial charge is 0.283 e. The van der Waals surface area contributed by atoms with Crippen molar-refractivity contribution < 1.29 is 13.3 Å². The van der Waals surface area contributed by atoms with E-state index in [1.807, 2.05) is 12.1 Å². The van der Waals surface area contributed by atoms with Gasteiger partial charge in [0.1, 0.15) is 11.6 Å². The van der Waals surface area contributed by atoms with E-state index in [2.05, 4.69) is 25.0 Å². The van der Waals surface area contributed by atoms with Crippen molar-refractivity contribution in [3.05, 3.63) is 54.3 Å². The molecule has 8 nitrogen and oxygen atoms in total. The highest BCUT2D eigenvalue weighted by atomic mass is 32.2. The van der Waals surface area contributed by atoms with E-state index < -0.39 is 0 Å². The summed E-state index contributed by atoms with van der Waals surface area (Å²) in [6, 6.07) is 7.41. The van der Waals surface area contributed by atoms with E-state index in [4.69, 9.17) is 13.3 Å². The van der Waals surface area contributed by atoms with Gasteiger partial charge >= 0.3 is 0 Å². The molecule has 5 rings (SSSR count). The molecule has 4 aromatic rings. The molecule has 1 saturated carbocycles. The van der Waals surface area contributed by atoms with Crippen LogP contribution in [0.15, 0.2) is 55.2 Å². The fraction of sp³-hybridized carbons (Fsp3) is 0.294. The standard InChI is InChI=1S/C17H15N5O3S/c1-3-12(23-7-1)9-22-15(11-5-6-11)19-21-17(22)26-10-14-18-20-16(25-14)13-4-2-8-24-13/h1-4,7-8,11H,5-6,9-10H2. The van der Waals surface area contributed by atoms with Gasteiger partial charge in [-0.25, -0.2) is 0 Å². The number of rotatable bonds is 7. The third kappa shape index (κ3) is 3.05. The topological polar surface area (TPSA) is 95.9 Å². The van der Waals surface area contributed by atoms with Crippen molar-refractivity contribution in [3.8, 4) is 11.7 Å². The van der Waals surface area contributed by atoms with Gasteiger partial charge in [-0.05, 0) is 37.1 Å². The quantitative estimate of drug-likeness (QED) is 0.455. The lowest BCUT2D eigenvalue weighted by molar-refractivity contribution is 0.478. The zero-order valence-corrected chi connectivity index (χ0v) is 14.6. The van der Waals surface area contributed by atoms with Crippen LogP contribution in [0, 0.1) is 0 Å². The van der Waals surface area contributed by atoms with Gasteiger partial charge in [0.15, 0.2) is 10.9 Å². The first-order chi connectivity index (χ1) is 12.9. The van der Waals surface area contributed by atoms with Gasteiger partial charge in [0, 0.05) is 5.92 Å².